The van der Waals surface area contributed by atoms with E-state index in [9.17, 15) is 14.4 Å². The molecule has 0 bridgehead atoms. The van der Waals surface area contributed by atoms with Crippen molar-refractivity contribution < 1.29 is 14.4 Å². The van der Waals surface area contributed by atoms with Crippen LogP contribution in [0.2, 0.25) is 0 Å². The van der Waals surface area contributed by atoms with E-state index in [2.05, 4.69) is 15.0 Å². The minimum Gasteiger partial charge on any atom is -0.211 e. The molecule has 0 saturated heterocycles. The summed E-state index contributed by atoms with van der Waals surface area (Å²) in [7, 11) is 0. The summed E-state index contributed by atoms with van der Waals surface area (Å²) in [6.07, 6.45) is 5.77. The topological polar surface area (TPSA) is 88.3 Å². The maximum Gasteiger partial charge on any atom is 0.240 e. The SMILES string of the molecule is O=C=Nc1ccc(Cc2cc(Cc3ccccc3N=C=O)ccc2N=C=O)cc1. The molecule has 0 unspecified atom stereocenters. The van der Waals surface area contributed by atoms with Gasteiger partial charge in [0.05, 0.1) is 17.1 Å². The standard InChI is InChI=1S/C23H15N3O3/c27-14-24-21-8-5-17(6-9-21)11-20-13-18(7-10-23(20)26-16-29)12-19-3-1-2-4-22(19)25-15-28/h1-10,13H,11-12H2. The lowest BCUT2D eigenvalue weighted by Crippen LogP contribution is -1.94. The summed E-state index contributed by atoms with van der Waals surface area (Å²) in [6, 6.07) is 20.1. The van der Waals surface area contributed by atoms with Gasteiger partial charge in [-0.1, -0.05) is 42.5 Å². The van der Waals surface area contributed by atoms with Crippen molar-refractivity contribution in [2.75, 3.05) is 0 Å². The largest absolute Gasteiger partial charge is 0.240 e. The number of para-hydroxylation sites is 1. The van der Waals surface area contributed by atoms with Crippen LogP contribution in [0.3, 0.4) is 0 Å². The van der Waals surface area contributed by atoms with Crippen molar-refractivity contribution in [3.63, 3.8) is 0 Å². The number of aliphatic imine (C=N–C) groups is 3. The maximum absolute atomic E-state index is 10.8. The molecule has 0 aliphatic rings. The van der Waals surface area contributed by atoms with E-state index in [1.165, 1.54) is 6.08 Å². The van der Waals surface area contributed by atoms with Crippen LogP contribution in [0.5, 0.6) is 0 Å². The summed E-state index contributed by atoms with van der Waals surface area (Å²) in [6.45, 7) is 0. The van der Waals surface area contributed by atoms with E-state index < -0.39 is 0 Å². The summed E-state index contributed by atoms with van der Waals surface area (Å²) in [5, 5.41) is 0. The van der Waals surface area contributed by atoms with Gasteiger partial charge in [0, 0.05) is 0 Å². The first-order chi connectivity index (χ1) is 14.2. The van der Waals surface area contributed by atoms with Crippen LogP contribution in [0.25, 0.3) is 0 Å². The van der Waals surface area contributed by atoms with Crippen LogP contribution in [0.4, 0.5) is 17.1 Å². The monoisotopic (exact) mass is 381 g/mol. The van der Waals surface area contributed by atoms with E-state index in [0.717, 1.165) is 22.3 Å². The van der Waals surface area contributed by atoms with Crippen LogP contribution in [-0.2, 0) is 27.2 Å². The third-order valence-corrected chi connectivity index (χ3v) is 4.37. The number of isocyanates is 3. The van der Waals surface area contributed by atoms with Gasteiger partial charge in [0.15, 0.2) is 0 Å². The normalized spacial score (nSPS) is 9.66. The van der Waals surface area contributed by atoms with Crippen molar-refractivity contribution in [3.8, 4) is 0 Å². The molecule has 6 heteroatoms. The van der Waals surface area contributed by atoms with Crippen molar-refractivity contribution in [2.45, 2.75) is 12.8 Å². The van der Waals surface area contributed by atoms with E-state index >= 15 is 0 Å². The Balaban J connectivity index is 1.93. The van der Waals surface area contributed by atoms with Gasteiger partial charge in [0.25, 0.3) is 0 Å². The van der Waals surface area contributed by atoms with Crippen LogP contribution in [0, 0.1) is 0 Å². The lowest BCUT2D eigenvalue weighted by Gasteiger charge is -2.10. The molecule has 0 N–H and O–H groups in total. The first kappa shape index (κ1) is 19.6. The summed E-state index contributed by atoms with van der Waals surface area (Å²) in [4.78, 5) is 42.9. The molecule has 29 heavy (non-hydrogen) atoms. The van der Waals surface area contributed by atoms with Crippen LogP contribution in [-0.4, -0.2) is 18.2 Å². The number of benzene rings is 3. The number of rotatable bonds is 7. The third kappa shape index (κ3) is 5.16. The highest BCUT2D eigenvalue weighted by Gasteiger charge is 2.08. The van der Waals surface area contributed by atoms with Crippen LogP contribution < -0.4 is 0 Å². The zero-order valence-electron chi connectivity index (χ0n) is 15.3. The fourth-order valence-electron chi connectivity index (χ4n) is 3.05. The molecular weight excluding hydrogens is 366 g/mol. The summed E-state index contributed by atoms with van der Waals surface area (Å²) in [5.74, 6) is 0. The first-order valence-electron chi connectivity index (χ1n) is 8.75. The van der Waals surface area contributed by atoms with Gasteiger partial charge in [-0.2, -0.15) is 15.0 Å². The molecule has 0 spiro atoms. The Kier molecular flexibility index (Phi) is 6.51. The van der Waals surface area contributed by atoms with Crippen molar-refractivity contribution >= 4 is 35.3 Å². The van der Waals surface area contributed by atoms with Gasteiger partial charge in [-0.25, -0.2) is 14.4 Å². The molecule has 0 amide bonds. The maximum atomic E-state index is 10.8. The van der Waals surface area contributed by atoms with E-state index in [4.69, 9.17) is 0 Å². The Morgan fingerprint density at radius 1 is 0.586 bits per heavy atom. The summed E-state index contributed by atoms with van der Waals surface area (Å²) < 4.78 is 0. The highest BCUT2D eigenvalue weighted by Crippen LogP contribution is 2.27. The Hall–Kier alpha value is -4.20. The van der Waals surface area contributed by atoms with Gasteiger partial charge < -0.3 is 0 Å². The second-order valence-corrected chi connectivity index (χ2v) is 6.22. The number of carbonyl (C=O) groups excluding carboxylic acids is 3. The zero-order chi connectivity index (χ0) is 20.5. The molecular formula is C23H15N3O3. The van der Waals surface area contributed by atoms with Gasteiger partial charge >= 0.3 is 0 Å². The van der Waals surface area contributed by atoms with E-state index in [1.807, 2.05) is 42.5 Å². The van der Waals surface area contributed by atoms with Crippen LogP contribution in [0.15, 0.2) is 81.7 Å². The van der Waals surface area contributed by atoms with Crippen molar-refractivity contribution in [1.29, 1.82) is 0 Å². The van der Waals surface area contributed by atoms with Crippen molar-refractivity contribution in [2.24, 2.45) is 15.0 Å². The molecule has 0 heterocycles. The van der Waals surface area contributed by atoms with E-state index in [0.29, 0.717) is 29.9 Å². The highest BCUT2D eigenvalue weighted by atomic mass is 16.1. The average Bonchev–Trinajstić information content (AvgIpc) is 2.73. The summed E-state index contributed by atoms with van der Waals surface area (Å²) >= 11 is 0. The fourth-order valence-corrected chi connectivity index (χ4v) is 3.05. The Bertz CT molecular complexity index is 1170. The van der Waals surface area contributed by atoms with Crippen LogP contribution >= 0.6 is 0 Å². The lowest BCUT2D eigenvalue weighted by molar-refractivity contribution is 0.564. The number of hydrogen-bond acceptors (Lipinski definition) is 6. The molecule has 3 aromatic rings. The Morgan fingerprint density at radius 2 is 1.17 bits per heavy atom. The molecule has 3 aromatic carbocycles. The fraction of sp³-hybridized carbons (Fsp3) is 0.0870. The van der Waals surface area contributed by atoms with Gasteiger partial charge in [-0.3, -0.25) is 0 Å². The number of hydrogen-bond donors (Lipinski definition) is 0. The molecule has 140 valence electrons. The minimum absolute atomic E-state index is 0.524. The van der Waals surface area contributed by atoms with Gasteiger partial charge in [-0.05, 0) is 59.4 Å². The first-order valence-corrected chi connectivity index (χ1v) is 8.75. The van der Waals surface area contributed by atoms with Crippen LogP contribution in [0.1, 0.15) is 22.3 Å². The highest BCUT2D eigenvalue weighted by molar-refractivity contribution is 5.58. The second-order valence-electron chi connectivity index (χ2n) is 6.22. The molecule has 6 nitrogen and oxygen atoms in total. The molecule has 0 fully saturated rings. The molecule has 0 aromatic heterocycles. The zero-order valence-corrected chi connectivity index (χ0v) is 15.3. The number of nitrogens with zero attached hydrogens (tertiary/aromatic N) is 3. The molecule has 0 atom stereocenters. The van der Waals surface area contributed by atoms with Gasteiger partial charge in [0.2, 0.25) is 18.2 Å². The quantitative estimate of drug-likeness (QED) is 0.436. The smallest absolute Gasteiger partial charge is 0.211 e. The van der Waals surface area contributed by atoms with Crippen molar-refractivity contribution in [1.82, 2.24) is 0 Å². The minimum atomic E-state index is 0.524. The predicted octanol–water partition coefficient (Wildman–Crippen LogP) is 4.77. The predicted molar refractivity (Wildman–Crippen MR) is 108 cm³/mol. The Morgan fingerprint density at radius 3 is 1.86 bits per heavy atom. The van der Waals surface area contributed by atoms with E-state index in [-0.39, 0.29) is 0 Å². The Labute approximate surface area is 167 Å². The average molecular weight is 381 g/mol. The second kappa shape index (κ2) is 9.65. The molecule has 0 aliphatic carbocycles. The third-order valence-electron chi connectivity index (χ3n) is 4.37. The molecule has 0 aliphatic heterocycles. The molecule has 0 radical (unpaired) electrons. The lowest BCUT2D eigenvalue weighted by atomic mass is 9.97. The van der Waals surface area contributed by atoms with E-state index in [1.54, 1.807) is 36.4 Å². The van der Waals surface area contributed by atoms with Gasteiger partial charge in [0.1, 0.15) is 0 Å². The molecule has 3 rings (SSSR count). The van der Waals surface area contributed by atoms with Gasteiger partial charge in [-0.15, -0.1) is 0 Å². The molecule has 0 saturated carbocycles. The van der Waals surface area contributed by atoms with Crippen molar-refractivity contribution in [3.05, 3.63) is 89.0 Å². The summed E-state index contributed by atoms with van der Waals surface area (Å²) in [5.41, 5.74) is 5.35.